The molecule has 0 saturated heterocycles. The van der Waals surface area contributed by atoms with Crippen molar-refractivity contribution in [3.8, 4) is 0 Å². The largest absolute Gasteiger partial charge is 0.366 e. The maximum atomic E-state index is 11.4. The van der Waals surface area contributed by atoms with E-state index in [1.54, 1.807) is 6.20 Å². The molecule has 0 aliphatic rings. The van der Waals surface area contributed by atoms with E-state index in [2.05, 4.69) is 15.5 Å². The molecule has 5 nitrogen and oxygen atoms in total. The van der Waals surface area contributed by atoms with Crippen molar-refractivity contribution in [2.75, 3.05) is 6.61 Å². The molecule has 0 radical (unpaired) electrons. The Bertz CT molecular complexity index is 352. The SMILES string of the molecule is Cc1[nH]ncc1CNC(=O)COC(C)(C)C. The van der Waals surface area contributed by atoms with Crippen molar-refractivity contribution in [1.29, 1.82) is 0 Å². The monoisotopic (exact) mass is 225 g/mol. The first-order valence-corrected chi connectivity index (χ1v) is 5.28. The predicted octanol–water partition coefficient (Wildman–Crippen LogP) is 1.15. The van der Waals surface area contributed by atoms with Crippen molar-refractivity contribution in [2.45, 2.75) is 39.8 Å². The van der Waals surface area contributed by atoms with Crippen molar-refractivity contribution in [2.24, 2.45) is 0 Å². The van der Waals surface area contributed by atoms with Gasteiger partial charge in [-0.05, 0) is 27.7 Å². The molecule has 0 saturated carbocycles. The molecule has 0 atom stereocenters. The molecule has 0 aliphatic carbocycles. The van der Waals surface area contributed by atoms with Gasteiger partial charge in [0.25, 0.3) is 0 Å². The second-order valence-electron chi connectivity index (χ2n) is 4.70. The van der Waals surface area contributed by atoms with Gasteiger partial charge in [-0.3, -0.25) is 9.89 Å². The number of nitrogens with zero attached hydrogens (tertiary/aromatic N) is 1. The van der Waals surface area contributed by atoms with Gasteiger partial charge in [-0.1, -0.05) is 0 Å². The van der Waals surface area contributed by atoms with Crippen molar-refractivity contribution in [3.63, 3.8) is 0 Å². The number of carbonyl (C=O) groups is 1. The zero-order chi connectivity index (χ0) is 12.2. The Hall–Kier alpha value is -1.36. The maximum Gasteiger partial charge on any atom is 0.246 e. The van der Waals surface area contributed by atoms with Gasteiger partial charge in [0.1, 0.15) is 6.61 Å². The number of nitrogens with one attached hydrogen (secondary N) is 2. The van der Waals surface area contributed by atoms with Crippen LogP contribution < -0.4 is 5.32 Å². The van der Waals surface area contributed by atoms with Crippen molar-refractivity contribution in [3.05, 3.63) is 17.5 Å². The Morgan fingerprint density at radius 3 is 2.75 bits per heavy atom. The molecular weight excluding hydrogens is 206 g/mol. The van der Waals surface area contributed by atoms with Crippen LogP contribution in [-0.2, 0) is 16.1 Å². The molecule has 1 heterocycles. The summed E-state index contributed by atoms with van der Waals surface area (Å²) < 4.78 is 5.36. The Balaban J connectivity index is 2.29. The summed E-state index contributed by atoms with van der Waals surface area (Å²) in [6.45, 7) is 8.23. The van der Waals surface area contributed by atoms with Crippen LogP contribution in [0.2, 0.25) is 0 Å². The third-order valence-corrected chi connectivity index (χ3v) is 2.05. The summed E-state index contributed by atoms with van der Waals surface area (Å²) in [5, 5.41) is 9.47. The number of hydrogen-bond donors (Lipinski definition) is 2. The van der Waals surface area contributed by atoms with Gasteiger partial charge < -0.3 is 10.1 Å². The quantitative estimate of drug-likeness (QED) is 0.807. The fraction of sp³-hybridized carbons (Fsp3) is 0.636. The number of carbonyl (C=O) groups excluding carboxylic acids is 1. The highest BCUT2D eigenvalue weighted by Gasteiger charge is 2.12. The van der Waals surface area contributed by atoms with E-state index in [-0.39, 0.29) is 18.1 Å². The van der Waals surface area contributed by atoms with E-state index >= 15 is 0 Å². The highest BCUT2D eigenvalue weighted by atomic mass is 16.5. The van der Waals surface area contributed by atoms with Gasteiger partial charge in [-0.25, -0.2) is 0 Å². The van der Waals surface area contributed by atoms with E-state index in [0.717, 1.165) is 11.3 Å². The standard InChI is InChI=1S/C11H19N3O2/c1-8-9(6-13-14-8)5-12-10(15)7-16-11(2,3)4/h6H,5,7H2,1-4H3,(H,12,15)(H,13,14). The summed E-state index contributed by atoms with van der Waals surface area (Å²) in [6.07, 6.45) is 1.71. The summed E-state index contributed by atoms with van der Waals surface area (Å²) in [6, 6.07) is 0. The van der Waals surface area contributed by atoms with Gasteiger partial charge in [-0.15, -0.1) is 0 Å². The molecule has 2 N–H and O–H groups in total. The van der Waals surface area contributed by atoms with Crippen LogP contribution in [-0.4, -0.2) is 28.3 Å². The average Bonchev–Trinajstić information content (AvgIpc) is 2.57. The van der Waals surface area contributed by atoms with E-state index in [1.165, 1.54) is 0 Å². The average molecular weight is 225 g/mol. The lowest BCUT2D eigenvalue weighted by atomic mass is 10.2. The third-order valence-electron chi connectivity index (χ3n) is 2.05. The van der Waals surface area contributed by atoms with Gasteiger partial charge in [0.15, 0.2) is 0 Å². The minimum atomic E-state index is -0.289. The molecule has 1 amide bonds. The molecule has 0 aliphatic heterocycles. The van der Waals surface area contributed by atoms with Crippen LogP contribution in [0.3, 0.4) is 0 Å². The Morgan fingerprint density at radius 1 is 1.56 bits per heavy atom. The second-order valence-corrected chi connectivity index (χ2v) is 4.70. The van der Waals surface area contributed by atoms with Gasteiger partial charge in [0.05, 0.1) is 11.8 Å². The molecule has 0 spiro atoms. The van der Waals surface area contributed by atoms with E-state index in [4.69, 9.17) is 4.74 Å². The topological polar surface area (TPSA) is 67.0 Å². The first kappa shape index (κ1) is 12.7. The summed E-state index contributed by atoms with van der Waals surface area (Å²) in [5.41, 5.74) is 1.67. The van der Waals surface area contributed by atoms with Gasteiger partial charge in [0.2, 0.25) is 5.91 Å². The number of aryl methyl sites for hydroxylation is 1. The summed E-state index contributed by atoms with van der Waals surface area (Å²) in [4.78, 5) is 11.4. The van der Waals surface area contributed by atoms with Crippen LogP contribution in [0.1, 0.15) is 32.0 Å². The molecule has 1 rings (SSSR count). The lowest BCUT2D eigenvalue weighted by molar-refractivity contribution is -0.130. The molecule has 0 fully saturated rings. The fourth-order valence-corrected chi connectivity index (χ4v) is 1.08. The first-order chi connectivity index (χ1) is 7.38. The van der Waals surface area contributed by atoms with Crippen LogP contribution in [0.25, 0.3) is 0 Å². The van der Waals surface area contributed by atoms with Gasteiger partial charge in [-0.2, -0.15) is 5.10 Å². The highest BCUT2D eigenvalue weighted by Crippen LogP contribution is 2.06. The smallest absolute Gasteiger partial charge is 0.246 e. The van der Waals surface area contributed by atoms with Crippen LogP contribution in [0, 0.1) is 6.92 Å². The molecule has 16 heavy (non-hydrogen) atoms. The molecule has 5 heteroatoms. The van der Waals surface area contributed by atoms with Gasteiger partial charge in [0, 0.05) is 17.8 Å². The maximum absolute atomic E-state index is 11.4. The Kier molecular flexibility index (Phi) is 4.06. The normalized spacial score (nSPS) is 11.5. The highest BCUT2D eigenvalue weighted by molar-refractivity contribution is 5.77. The predicted molar refractivity (Wildman–Crippen MR) is 60.9 cm³/mol. The second kappa shape index (κ2) is 5.12. The number of rotatable bonds is 4. The molecule has 0 bridgehead atoms. The Labute approximate surface area is 95.6 Å². The van der Waals surface area contributed by atoms with Crippen molar-refractivity contribution >= 4 is 5.91 Å². The van der Waals surface area contributed by atoms with E-state index in [0.29, 0.717) is 6.54 Å². The number of aromatic nitrogens is 2. The number of aromatic amines is 1. The Morgan fingerprint density at radius 2 is 2.25 bits per heavy atom. The number of H-pyrrole nitrogens is 1. The van der Waals surface area contributed by atoms with E-state index < -0.39 is 0 Å². The molecule has 1 aromatic heterocycles. The molecule has 90 valence electrons. The lowest BCUT2D eigenvalue weighted by Crippen LogP contribution is -2.31. The minimum absolute atomic E-state index is 0.0837. The number of amides is 1. The van der Waals surface area contributed by atoms with E-state index in [9.17, 15) is 4.79 Å². The zero-order valence-electron chi connectivity index (χ0n) is 10.3. The summed E-state index contributed by atoms with van der Waals surface area (Å²) >= 11 is 0. The van der Waals surface area contributed by atoms with Crippen LogP contribution in [0.5, 0.6) is 0 Å². The summed E-state index contributed by atoms with van der Waals surface area (Å²) in [5.74, 6) is -0.115. The fourth-order valence-electron chi connectivity index (χ4n) is 1.08. The molecule has 0 unspecified atom stereocenters. The van der Waals surface area contributed by atoms with Crippen LogP contribution >= 0.6 is 0 Å². The van der Waals surface area contributed by atoms with Crippen molar-refractivity contribution < 1.29 is 9.53 Å². The molecular formula is C11H19N3O2. The molecule has 0 aromatic carbocycles. The van der Waals surface area contributed by atoms with E-state index in [1.807, 2.05) is 27.7 Å². The lowest BCUT2D eigenvalue weighted by Gasteiger charge is -2.18. The molecule has 1 aromatic rings. The summed E-state index contributed by atoms with van der Waals surface area (Å²) in [7, 11) is 0. The third kappa shape index (κ3) is 4.44. The van der Waals surface area contributed by atoms with Crippen molar-refractivity contribution in [1.82, 2.24) is 15.5 Å². The van der Waals surface area contributed by atoms with Gasteiger partial charge >= 0.3 is 0 Å². The first-order valence-electron chi connectivity index (χ1n) is 5.28. The number of hydrogen-bond acceptors (Lipinski definition) is 3. The van der Waals surface area contributed by atoms with Crippen LogP contribution in [0.15, 0.2) is 6.20 Å². The number of ether oxygens (including phenoxy) is 1. The van der Waals surface area contributed by atoms with Crippen LogP contribution in [0.4, 0.5) is 0 Å². The minimum Gasteiger partial charge on any atom is -0.366 e. The zero-order valence-corrected chi connectivity index (χ0v) is 10.3.